The summed E-state index contributed by atoms with van der Waals surface area (Å²) < 4.78 is 27.5. The Labute approximate surface area is 198 Å². The minimum Gasteiger partial charge on any atom is -0.493 e. The number of rotatable bonds is 11. The van der Waals surface area contributed by atoms with Crippen molar-refractivity contribution < 1.29 is 28.5 Å². The van der Waals surface area contributed by atoms with Crippen LogP contribution in [-0.4, -0.2) is 63.8 Å². The quantitative estimate of drug-likeness (QED) is 0.444. The van der Waals surface area contributed by atoms with Crippen LogP contribution in [-0.2, 0) is 4.79 Å². The van der Waals surface area contributed by atoms with Crippen LogP contribution in [0.4, 0.5) is 0 Å². The predicted octanol–water partition coefficient (Wildman–Crippen LogP) is 4.27. The van der Waals surface area contributed by atoms with Crippen LogP contribution in [0.25, 0.3) is 0 Å². The molecule has 0 bridgehead atoms. The van der Waals surface area contributed by atoms with Gasteiger partial charge in [0, 0.05) is 37.2 Å². The van der Waals surface area contributed by atoms with Gasteiger partial charge in [0.1, 0.15) is 0 Å². The summed E-state index contributed by atoms with van der Waals surface area (Å²) in [6.45, 7) is 1.03. The van der Waals surface area contributed by atoms with Gasteiger partial charge in [0.05, 0.1) is 21.3 Å². The predicted molar refractivity (Wildman–Crippen MR) is 123 cm³/mol. The van der Waals surface area contributed by atoms with Gasteiger partial charge in [0.15, 0.2) is 23.0 Å². The highest BCUT2D eigenvalue weighted by molar-refractivity contribution is 6.18. The second-order valence-electron chi connectivity index (χ2n) is 7.09. The average molecular weight is 484 g/mol. The monoisotopic (exact) mass is 483 g/mol. The molecule has 174 valence electrons. The molecule has 0 aliphatic carbocycles. The number of ether oxygens (including phenoxy) is 5. The zero-order chi connectivity index (χ0) is 23.1. The Morgan fingerprint density at radius 3 is 2.12 bits per heavy atom. The molecule has 2 aromatic rings. The van der Waals surface area contributed by atoms with E-state index in [0.29, 0.717) is 53.6 Å². The van der Waals surface area contributed by atoms with Crippen molar-refractivity contribution in [2.75, 3.05) is 53.0 Å². The topological polar surface area (TPSA) is 66.5 Å². The molecule has 0 spiro atoms. The number of methoxy groups -OCH3 is 3. The fraction of sp³-hybridized carbons (Fsp3) is 0.435. The molecule has 3 rings (SSSR count). The molecule has 0 saturated carbocycles. The van der Waals surface area contributed by atoms with Gasteiger partial charge in [-0.2, -0.15) is 0 Å². The smallest absolute Gasteiger partial charge is 0.231 e. The zero-order valence-electron chi connectivity index (χ0n) is 18.4. The van der Waals surface area contributed by atoms with Gasteiger partial charge in [-0.1, -0.05) is 6.07 Å². The summed E-state index contributed by atoms with van der Waals surface area (Å²) in [6, 6.07) is 9.40. The summed E-state index contributed by atoms with van der Waals surface area (Å²) in [6.07, 6.45) is 0.200. The summed E-state index contributed by atoms with van der Waals surface area (Å²) >= 11 is 11.8. The van der Waals surface area contributed by atoms with E-state index in [0.717, 1.165) is 11.1 Å². The highest BCUT2D eigenvalue weighted by Gasteiger charge is 2.26. The van der Waals surface area contributed by atoms with Crippen LogP contribution in [0.2, 0.25) is 0 Å². The van der Waals surface area contributed by atoms with Gasteiger partial charge in [-0.05, 0) is 35.4 Å². The molecule has 0 N–H and O–H groups in total. The molecule has 1 amide bonds. The molecule has 32 heavy (non-hydrogen) atoms. The Morgan fingerprint density at radius 2 is 1.56 bits per heavy atom. The third kappa shape index (κ3) is 5.27. The van der Waals surface area contributed by atoms with Gasteiger partial charge < -0.3 is 28.6 Å². The van der Waals surface area contributed by atoms with Crippen LogP contribution in [0.15, 0.2) is 30.3 Å². The Balaban J connectivity index is 2.05. The van der Waals surface area contributed by atoms with Crippen molar-refractivity contribution >= 4 is 29.1 Å². The van der Waals surface area contributed by atoms with Gasteiger partial charge in [-0.15, -0.1) is 23.2 Å². The molecule has 0 saturated heterocycles. The van der Waals surface area contributed by atoms with Crippen LogP contribution in [0.5, 0.6) is 28.7 Å². The number of carbonyl (C=O) groups is 1. The first kappa shape index (κ1) is 24.1. The number of amides is 1. The molecule has 1 heterocycles. The number of nitrogens with zero attached hydrogens (tertiary/aromatic N) is 1. The second kappa shape index (κ2) is 11.4. The van der Waals surface area contributed by atoms with Crippen molar-refractivity contribution in [2.45, 2.75) is 12.3 Å². The highest BCUT2D eigenvalue weighted by atomic mass is 35.5. The number of hydrogen-bond donors (Lipinski definition) is 0. The summed E-state index contributed by atoms with van der Waals surface area (Å²) in [5.41, 5.74) is 1.73. The molecule has 0 radical (unpaired) electrons. The van der Waals surface area contributed by atoms with Crippen molar-refractivity contribution in [2.24, 2.45) is 0 Å². The van der Waals surface area contributed by atoms with Gasteiger partial charge in [-0.25, -0.2) is 0 Å². The lowest BCUT2D eigenvalue weighted by molar-refractivity contribution is -0.130. The van der Waals surface area contributed by atoms with Gasteiger partial charge >= 0.3 is 0 Å². The average Bonchev–Trinajstić information content (AvgIpc) is 3.29. The zero-order valence-corrected chi connectivity index (χ0v) is 19.9. The van der Waals surface area contributed by atoms with Gasteiger partial charge in [-0.3, -0.25) is 4.79 Å². The summed E-state index contributed by atoms with van der Waals surface area (Å²) in [5, 5.41) is 0. The fourth-order valence-corrected chi connectivity index (χ4v) is 4.14. The summed E-state index contributed by atoms with van der Waals surface area (Å²) in [7, 11) is 4.67. The highest BCUT2D eigenvalue weighted by Crippen LogP contribution is 2.44. The maximum atomic E-state index is 13.2. The maximum absolute atomic E-state index is 13.2. The molecule has 9 heteroatoms. The van der Waals surface area contributed by atoms with Crippen LogP contribution in [0, 0.1) is 0 Å². The van der Waals surface area contributed by atoms with E-state index in [1.165, 1.54) is 0 Å². The number of alkyl halides is 2. The number of fused-ring (bicyclic) bond motifs is 1. The van der Waals surface area contributed by atoms with Gasteiger partial charge in [0.2, 0.25) is 18.4 Å². The first-order chi connectivity index (χ1) is 15.6. The Morgan fingerprint density at radius 1 is 0.938 bits per heavy atom. The van der Waals surface area contributed by atoms with E-state index in [4.69, 9.17) is 46.9 Å². The molecule has 7 nitrogen and oxygen atoms in total. The standard InChI is InChI=1S/C23H27Cl2NO6/c1-28-20-11-16(12-21(29-2)23(20)30-3)17(13-22(27)26(8-6-24)9-7-25)15-4-5-18-19(10-15)32-14-31-18/h4-5,10-12,17H,6-9,13-14H2,1-3H3/t17-/m1/s1. The largest absolute Gasteiger partial charge is 0.493 e. The molecule has 2 aromatic carbocycles. The lowest BCUT2D eigenvalue weighted by Crippen LogP contribution is -2.35. The molecule has 0 aromatic heterocycles. The fourth-order valence-electron chi connectivity index (χ4n) is 3.73. The van der Waals surface area contributed by atoms with Crippen LogP contribution >= 0.6 is 23.2 Å². The SMILES string of the molecule is COc1cc([C@H](CC(=O)N(CCCl)CCCl)c2ccc3c(c2)OCO3)cc(OC)c1OC. The van der Waals surface area contributed by atoms with E-state index >= 15 is 0 Å². The molecule has 1 aliphatic rings. The van der Waals surface area contributed by atoms with E-state index in [2.05, 4.69) is 0 Å². The number of benzene rings is 2. The summed E-state index contributed by atoms with van der Waals surface area (Å²) in [5.74, 6) is 3.14. The molecule has 1 aliphatic heterocycles. The van der Waals surface area contributed by atoms with Crippen molar-refractivity contribution in [1.82, 2.24) is 4.90 Å². The van der Waals surface area contributed by atoms with E-state index in [1.54, 1.807) is 26.2 Å². The summed E-state index contributed by atoms with van der Waals surface area (Å²) in [4.78, 5) is 14.9. The van der Waals surface area contributed by atoms with Crippen molar-refractivity contribution in [1.29, 1.82) is 0 Å². The Kier molecular flexibility index (Phi) is 8.59. The van der Waals surface area contributed by atoms with Crippen LogP contribution in [0.1, 0.15) is 23.5 Å². The second-order valence-corrected chi connectivity index (χ2v) is 7.84. The number of halogens is 2. The van der Waals surface area contributed by atoms with Gasteiger partial charge in [0.25, 0.3) is 0 Å². The van der Waals surface area contributed by atoms with Crippen LogP contribution in [0.3, 0.4) is 0 Å². The minimum atomic E-state index is -0.307. The molecule has 0 fully saturated rings. The third-order valence-corrected chi connectivity index (χ3v) is 5.67. The Hall–Kier alpha value is -2.51. The van der Waals surface area contributed by atoms with Crippen LogP contribution < -0.4 is 23.7 Å². The Bertz CT molecular complexity index is 908. The molecule has 0 unspecified atom stereocenters. The minimum absolute atomic E-state index is 0.0530. The molecular formula is C23H27Cl2NO6. The molecule has 1 atom stereocenters. The lowest BCUT2D eigenvalue weighted by atomic mass is 9.87. The first-order valence-corrected chi connectivity index (χ1v) is 11.2. The van der Waals surface area contributed by atoms with E-state index in [9.17, 15) is 4.79 Å². The molecular weight excluding hydrogens is 457 g/mol. The third-order valence-electron chi connectivity index (χ3n) is 5.33. The van der Waals surface area contributed by atoms with Crippen molar-refractivity contribution in [3.05, 3.63) is 41.5 Å². The van der Waals surface area contributed by atoms with Crippen molar-refractivity contribution in [3.63, 3.8) is 0 Å². The first-order valence-electron chi connectivity index (χ1n) is 10.1. The lowest BCUT2D eigenvalue weighted by Gasteiger charge is -2.25. The number of carbonyl (C=O) groups excluding carboxylic acids is 1. The van der Waals surface area contributed by atoms with E-state index in [1.807, 2.05) is 30.3 Å². The number of hydrogen-bond acceptors (Lipinski definition) is 6. The van der Waals surface area contributed by atoms with E-state index in [-0.39, 0.29) is 25.0 Å². The van der Waals surface area contributed by atoms with Crippen molar-refractivity contribution in [3.8, 4) is 28.7 Å². The normalized spacial score (nSPS) is 12.9. The van der Waals surface area contributed by atoms with E-state index < -0.39 is 0 Å². The maximum Gasteiger partial charge on any atom is 0.231 e.